The number of nitrogens with zero attached hydrogens (tertiary/aromatic N) is 2. The Hall–Kier alpha value is -3.82. The number of carbonyl (C=O) groups excluding carboxylic acids is 1. The van der Waals surface area contributed by atoms with Crippen LogP contribution in [0.1, 0.15) is 16.1 Å². The highest BCUT2D eigenvalue weighted by Crippen LogP contribution is 2.42. The smallest absolute Gasteiger partial charge is 0.255 e. The number of halogens is 1. The maximum atomic E-state index is 12.9. The fourth-order valence-electron chi connectivity index (χ4n) is 4.26. The lowest BCUT2D eigenvalue weighted by Gasteiger charge is -2.17. The number of benzene rings is 1. The number of ether oxygens (including phenoxy) is 2. The summed E-state index contributed by atoms with van der Waals surface area (Å²) in [5, 5.41) is 10.1. The van der Waals surface area contributed by atoms with Crippen molar-refractivity contribution < 1.29 is 14.3 Å². The van der Waals surface area contributed by atoms with Gasteiger partial charge in [0.15, 0.2) is 5.75 Å². The van der Waals surface area contributed by atoms with Crippen molar-refractivity contribution in [1.29, 1.82) is 0 Å². The van der Waals surface area contributed by atoms with Gasteiger partial charge >= 0.3 is 0 Å². The number of para-hydroxylation sites is 1. The van der Waals surface area contributed by atoms with Crippen molar-refractivity contribution in [3.8, 4) is 17.0 Å². The number of nitrogens with one attached hydrogen (secondary N) is 4. The first-order valence-electron chi connectivity index (χ1n) is 11.2. The van der Waals surface area contributed by atoms with Crippen molar-refractivity contribution in [2.24, 2.45) is 0 Å². The van der Waals surface area contributed by atoms with E-state index in [-0.39, 0.29) is 5.91 Å². The number of aromatic nitrogens is 3. The van der Waals surface area contributed by atoms with Crippen LogP contribution in [0.5, 0.6) is 5.75 Å². The second-order valence-electron chi connectivity index (χ2n) is 8.02. The molecule has 3 aromatic heterocycles. The van der Waals surface area contributed by atoms with Crippen LogP contribution >= 0.6 is 11.6 Å². The Morgan fingerprint density at radius 2 is 2.06 bits per heavy atom. The minimum Gasteiger partial charge on any atom is -0.493 e. The Balaban J connectivity index is 1.67. The largest absolute Gasteiger partial charge is 0.493 e. The number of aromatic amines is 1. The van der Waals surface area contributed by atoms with Crippen molar-refractivity contribution in [1.82, 2.24) is 20.3 Å². The summed E-state index contributed by atoms with van der Waals surface area (Å²) >= 11 is 6.36. The molecule has 4 heterocycles. The molecule has 0 aliphatic carbocycles. The van der Waals surface area contributed by atoms with Crippen molar-refractivity contribution in [2.75, 3.05) is 44.5 Å². The molecule has 0 fully saturated rings. The molecule has 0 saturated heterocycles. The molecule has 0 unspecified atom stereocenters. The maximum absolute atomic E-state index is 12.9. The van der Waals surface area contributed by atoms with Crippen LogP contribution in [0.2, 0.25) is 5.02 Å². The Bertz CT molecular complexity index is 1400. The van der Waals surface area contributed by atoms with Crippen molar-refractivity contribution >= 4 is 45.7 Å². The van der Waals surface area contributed by atoms with Gasteiger partial charge in [-0.3, -0.25) is 9.78 Å². The standard InChI is InChI=1S/C25H25ClN6O3/c1-34-13-12-28-19-7-6-17-21(32-19)14(8-10-27-17)22-23(20-16(30-22)9-11-29-25(20)33)31-18-5-3-4-15(26)24(18)35-2/h3-8,10,30-31H,9,11-13H2,1-2H3,(H,28,32)(H,29,33). The average molecular weight is 493 g/mol. The van der Waals surface area contributed by atoms with Crippen molar-refractivity contribution in [2.45, 2.75) is 6.42 Å². The first-order valence-corrected chi connectivity index (χ1v) is 11.6. The lowest BCUT2D eigenvalue weighted by Crippen LogP contribution is -2.31. The topological polar surface area (TPSA) is 113 Å². The van der Waals surface area contributed by atoms with Gasteiger partial charge < -0.3 is 30.4 Å². The molecule has 9 nitrogen and oxygen atoms in total. The summed E-state index contributed by atoms with van der Waals surface area (Å²) in [6, 6.07) is 11.1. The number of H-pyrrole nitrogens is 1. The van der Waals surface area contributed by atoms with Crippen LogP contribution in [0, 0.1) is 0 Å². The van der Waals surface area contributed by atoms with E-state index >= 15 is 0 Å². The Kier molecular flexibility index (Phi) is 6.43. The molecular weight excluding hydrogens is 468 g/mol. The van der Waals surface area contributed by atoms with Gasteiger partial charge in [-0.15, -0.1) is 0 Å². The predicted octanol–water partition coefficient (Wildman–Crippen LogP) is 4.37. The van der Waals surface area contributed by atoms with Crippen LogP contribution in [0.25, 0.3) is 22.3 Å². The van der Waals surface area contributed by atoms with E-state index in [4.69, 9.17) is 26.1 Å². The first-order chi connectivity index (χ1) is 17.1. The molecule has 180 valence electrons. The van der Waals surface area contributed by atoms with E-state index in [1.165, 1.54) is 0 Å². The van der Waals surface area contributed by atoms with Gasteiger partial charge in [-0.2, -0.15) is 0 Å². The van der Waals surface area contributed by atoms with Crippen molar-refractivity contribution in [3.05, 3.63) is 58.9 Å². The van der Waals surface area contributed by atoms with Gasteiger partial charge in [-0.25, -0.2) is 4.98 Å². The maximum Gasteiger partial charge on any atom is 0.255 e. The molecular formula is C25H25ClN6O3. The van der Waals surface area contributed by atoms with Gasteiger partial charge in [-0.1, -0.05) is 17.7 Å². The lowest BCUT2D eigenvalue weighted by atomic mass is 10.0. The molecule has 1 aliphatic rings. The van der Waals surface area contributed by atoms with Gasteiger partial charge in [0.2, 0.25) is 0 Å². The van der Waals surface area contributed by atoms with E-state index in [2.05, 4.69) is 25.9 Å². The quantitative estimate of drug-likeness (QED) is 0.270. The number of methoxy groups -OCH3 is 2. The number of hydrogen-bond donors (Lipinski definition) is 4. The fraction of sp³-hybridized carbons (Fsp3) is 0.240. The SMILES string of the molecule is COCCNc1ccc2nccc(-c3[nH]c4c(c3Nc3cccc(Cl)c3OC)C(=O)NCC4)c2n1. The zero-order valence-electron chi connectivity index (χ0n) is 19.4. The van der Waals surface area contributed by atoms with E-state index in [1.807, 2.05) is 30.3 Å². The monoisotopic (exact) mass is 492 g/mol. The normalized spacial score (nSPS) is 12.8. The minimum atomic E-state index is -0.148. The van der Waals surface area contributed by atoms with Gasteiger partial charge in [0.1, 0.15) is 11.3 Å². The van der Waals surface area contributed by atoms with Gasteiger partial charge in [-0.05, 0) is 30.3 Å². The molecule has 4 N–H and O–H groups in total. The molecule has 10 heteroatoms. The van der Waals surface area contributed by atoms with Gasteiger partial charge in [0.05, 0.1) is 46.9 Å². The van der Waals surface area contributed by atoms with Gasteiger partial charge in [0.25, 0.3) is 5.91 Å². The molecule has 0 radical (unpaired) electrons. The van der Waals surface area contributed by atoms with Crippen LogP contribution in [0.3, 0.4) is 0 Å². The number of fused-ring (bicyclic) bond motifs is 2. The molecule has 0 atom stereocenters. The number of carbonyl (C=O) groups is 1. The fourth-order valence-corrected chi connectivity index (χ4v) is 4.51. The van der Waals surface area contributed by atoms with Gasteiger partial charge in [0, 0.05) is 44.1 Å². The van der Waals surface area contributed by atoms with E-state index in [0.29, 0.717) is 65.2 Å². The highest BCUT2D eigenvalue weighted by Gasteiger charge is 2.28. The summed E-state index contributed by atoms with van der Waals surface area (Å²) in [6.45, 7) is 1.76. The third-order valence-electron chi connectivity index (χ3n) is 5.86. The Labute approximate surface area is 207 Å². The minimum absolute atomic E-state index is 0.148. The highest BCUT2D eigenvalue weighted by atomic mass is 35.5. The number of hydrogen-bond acceptors (Lipinski definition) is 7. The second kappa shape index (κ2) is 9.81. The molecule has 35 heavy (non-hydrogen) atoms. The summed E-state index contributed by atoms with van der Waals surface area (Å²) in [5.41, 5.74) is 5.69. The van der Waals surface area contributed by atoms with E-state index in [0.717, 1.165) is 22.5 Å². The zero-order valence-corrected chi connectivity index (χ0v) is 20.1. The van der Waals surface area contributed by atoms with Crippen molar-refractivity contribution in [3.63, 3.8) is 0 Å². The number of anilines is 3. The van der Waals surface area contributed by atoms with E-state index in [9.17, 15) is 4.79 Å². The van der Waals surface area contributed by atoms with E-state index < -0.39 is 0 Å². The Morgan fingerprint density at radius 1 is 1.17 bits per heavy atom. The number of rotatable bonds is 8. The summed E-state index contributed by atoms with van der Waals surface area (Å²) in [7, 11) is 3.22. The third-order valence-corrected chi connectivity index (χ3v) is 6.16. The van der Waals surface area contributed by atoms with Crippen LogP contribution in [-0.4, -0.2) is 54.8 Å². The molecule has 0 spiro atoms. The Morgan fingerprint density at radius 3 is 2.89 bits per heavy atom. The highest BCUT2D eigenvalue weighted by molar-refractivity contribution is 6.32. The van der Waals surface area contributed by atoms with Crippen LogP contribution < -0.4 is 20.7 Å². The van der Waals surface area contributed by atoms with E-state index in [1.54, 1.807) is 26.5 Å². The predicted molar refractivity (Wildman–Crippen MR) is 137 cm³/mol. The number of amides is 1. The van der Waals surface area contributed by atoms with Crippen LogP contribution in [0.15, 0.2) is 42.6 Å². The summed E-state index contributed by atoms with van der Waals surface area (Å²) < 4.78 is 10.7. The second-order valence-corrected chi connectivity index (χ2v) is 8.43. The molecule has 1 amide bonds. The molecule has 0 saturated carbocycles. The molecule has 1 aromatic carbocycles. The van der Waals surface area contributed by atoms with Crippen LogP contribution in [0.4, 0.5) is 17.2 Å². The molecule has 1 aliphatic heterocycles. The molecule has 4 aromatic rings. The average Bonchev–Trinajstić information content (AvgIpc) is 3.23. The summed E-state index contributed by atoms with van der Waals surface area (Å²) in [5.74, 6) is 1.06. The van der Waals surface area contributed by atoms with Crippen LogP contribution in [-0.2, 0) is 11.2 Å². The lowest BCUT2D eigenvalue weighted by molar-refractivity contribution is 0.0947. The third kappa shape index (κ3) is 4.36. The molecule has 5 rings (SSSR count). The first kappa shape index (κ1) is 22.9. The molecule has 0 bridgehead atoms. The summed E-state index contributed by atoms with van der Waals surface area (Å²) in [6.07, 6.45) is 2.42. The zero-order chi connectivity index (χ0) is 24.4. The summed E-state index contributed by atoms with van der Waals surface area (Å²) in [4.78, 5) is 25.7. The number of pyridine rings is 2.